The summed E-state index contributed by atoms with van der Waals surface area (Å²) < 4.78 is 5.31. The maximum atomic E-state index is 5.31. The summed E-state index contributed by atoms with van der Waals surface area (Å²) in [7, 11) is 1.71. The van der Waals surface area contributed by atoms with Gasteiger partial charge in [0.2, 0.25) is 0 Å². The molecule has 3 heteroatoms. The van der Waals surface area contributed by atoms with Crippen LogP contribution in [0.3, 0.4) is 0 Å². The van der Waals surface area contributed by atoms with Crippen molar-refractivity contribution in [3.63, 3.8) is 0 Å². The minimum atomic E-state index is 0.269. The monoisotopic (exact) mass is 261 g/mol. The highest BCUT2D eigenvalue weighted by Gasteiger charge is 2.14. The fourth-order valence-electron chi connectivity index (χ4n) is 2.15. The molecule has 0 spiro atoms. The van der Waals surface area contributed by atoms with E-state index in [1.54, 1.807) is 18.4 Å². The lowest BCUT2D eigenvalue weighted by Gasteiger charge is -2.18. The second-order valence-electron chi connectivity index (χ2n) is 4.28. The summed E-state index contributed by atoms with van der Waals surface area (Å²) in [6, 6.07) is 8.82. The number of ether oxygens (including phenoxy) is 1. The van der Waals surface area contributed by atoms with Gasteiger partial charge in [-0.05, 0) is 53.1 Å². The molecule has 2 rings (SSSR count). The molecule has 18 heavy (non-hydrogen) atoms. The average molecular weight is 261 g/mol. The van der Waals surface area contributed by atoms with Crippen LogP contribution in [-0.4, -0.2) is 13.7 Å². The topological polar surface area (TPSA) is 21.3 Å². The molecule has 1 aromatic heterocycles. The lowest BCUT2D eigenvalue weighted by atomic mass is 9.99. The molecular formula is C15H19NOS. The largest absolute Gasteiger partial charge is 0.496 e. The van der Waals surface area contributed by atoms with Gasteiger partial charge in [-0.25, -0.2) is 0 Å². The predicted octanol–water partition coefficient (Wildman–Crippen LogP) is 3.76. The number of methoxy groups -OCH3 is 1. The highest BCUT2D eigenvalue weighted by atomic mass is 32.1. The summed E-state index contributed by atoms with van der Waals surface area (Å²) in [5, 5.41) is 7.85. The number of rotatable bonds is 5. The molecule has 2 aromatic rings. The van der Waals surface area contributed by atoms with Gasteiger partial charge in [0.05, 0.1) is 13.2 Å². The quantitative estimate of drug-likeness (QED) is 0.884. The van der Waals surface area contributed by atoms with Gasteiger partial charge >= 0.3 is 0 Å². The first kappa shape index (κ1) is 13.1. The molecule has 0 amide bonds. The van der Waals surface area contributed by atoms with E-state index in [1.807, 2.05) is 6.07 Å². The molecule has 1 N–H and O–H groups in total. The molecule has 0 saturated heterocycles. The van der Waals surface area contributed by atoms with Crippen LogP contribution < -0.4 is 10.1 Å². The minimum Gasteiger partial charge on any atom is -0.496 e. The number of nitrogens with one attached hydrogen (secondary N) is 1. The van der Waals surface area contributed by atoms with E-state index in [-0.39, 0.29) is 6.04 Å². The third-order valence-electron chi connectivity index (χ3n) is 3.04. The fourth-order valence-corrected chi connectivity index (χ4v) is 2.84. The molecular weight excluding hydrogens is 242 g/mol. The van der Waals surface area contributed by atoms with Gasteiger partial charge in [-0.15, -0.1) is 0 Å². The van der Waals surface area contributed by atoms with Gasteiger partial charge in [-0.3, -0.25) is 0 Å². The van der Waals surface area contributed by atoms with E-state index in [1.165, 1.54) is 16.7 Å². The second kappa shape index (κ2) is 6.03. The molecule has 1 atom stereocenters. The summed E-state index contributed by atoms with van der Waals surface area (Å²) in [6.07, 6.45) is 0. The number of hydrogen-bond donors (Lipinski definition) is 1. The first-order chi connectivity index (χ1) is 8.76. The Bertz CT molecular complexity index is 493. The first-order valence-electron chi connectivity index (χ1n) is 6.16. The van der Waals surface area contributed by atoms with E-state index in [0.717, 1.165) is 12.3 Å². The smallest absolute Gasteiger partial charge is 0.121 e. The zero-order chi connectivity index (χ0) is 13.0. The maximum Gasteiger partial charge on any atom is 0.121 e. The fraction of sp³-hybridized carbons (Fsp3) is 0.333. The van der Waals surface area contributed by atoms with E-state index < -0.39 is 0 Å². The van der Waals surface area contributed by atoms with Crippen molar-refractivity contribution in [2.45, 2.75) is 19.9 Å². The summed E-state index contributed by atoms with van der Waals surface area (Å²) in [6.45, 7) is 5.17. The van der Waals surface area contributed by atoms with Crippen molar-refractivity contribution < 1.29 is 4.74 Å². The van der Waals surface area contributed by atoms with E-state index in [2.05, 4.69) is 48.1 Å². The first-order valence-corrected chi connectivity index (χ1v) is 7.10. The van der Waals surface area contributed by atoms with Crippen molar-refractivity contribution in [3.8, 4) is 5.75 Å². The van der Waals surface area contributed by atoms with Crippen molar-refractivity contribution in [3.05, 3.63) is 51.7 Å². The average Bonchev–Trinajstić information content (AvgIpc) is 2.89. The van der Waals surface area contributed by atoms with Crippen LogP contribution >= 0.6 is 11.3 Å². The molecule has 0 radical (unpaired) electrons. The minimum absolute atomic E-state index is 0.269. The van der Waals surface area contributed by atoms with Crippen molar-refractivity contribution in [2.24, 2.45) is 0 Å². The van der Waals surface area contributed by atoms with Crippen LogP contribution in [0.5, 0.6) is 5.75 Å². The number of aryl methyl sites for hydroxylation is 1. The van der Waals surface area contributed by atoms with Crippen LogP contribution in [0.1, 0.15) is 29.7 Å². The van der Waals surface area contributed by atoms with Gasteiger partial charge in [0.15, 0.2) is 0 Å². The van der Waals surface area contributed by atoms with Gasteiger partial charge in [0.1, 0.15) is 5.75 Å². The van der Waals surface area contributed by atoms with E-state index >= 15 is 0 Å². The highest BCUT2D eigenvalue weighted by Crippen LogP contribution is 2.27. The SMILES string of the molecule is CCNC(c1ccsc1)c1ccc(OC)c(C)c1. The Balaban J connectivity index is 2.34. The summed E-state index contributed by atoms with van der Waals surface area (Å²) in [5.74, 6) is 0.944. The van der Waals surface area contributed by atoms with Crippen LogP contribution in [0.15, 0.2) is 35.0 Å². The van der Waals surface area contributed by atoms with Crippen molar-refractivity contribution in [1.82, 2.24) is 5.32 Å². The van der Waals surface area contributed by atoms with Gasteiger partial charge in [-0.1, -0.05) is 19.1 Å². The Morgan fingerprint density at radius 2 is 2.11 bits per heavy atom. The van der Waals surface area contributed by atoms with Gasteiger partial charge in [0, 0.05) is 0 Å². The number of benzene rings is 1. The Kier molecular flexibility index (Phi) is 4.39. The molecule has 0 aliphatic rings. The summed E-state index contributed by atoms with van der Waals surface area (Å²) in [4.78, 5) is 0. The van der Waals surface area contributed by atoms with Crippen LogP contribution in [0, 0.1) is 6.92 Å². The highest BCUT2D eigenvalue weighted by molar-refractivity contribution is 7.08. The molecule has 1 heterocycles. The molecule has 2 nitrogen and oxygen atoms in total. The van der Waals surface area contributed by atoms with Crippen molar-refractivity contribution in [2.75, 3.05) is 13.7 Å². The predicted molar refractivity (Wildman–Crippen MR) is 77.6 cm³/mol. The normalized spacial score (nSPS) is 12.4. The van der Waals surface area contributed by atoms with Gasteiger partial charge in [-0.2, -0.15) is 11.3 Å². The molecule has 1 unspecified atom stereocenters. The van der Waals surface area contributed by atoms with Crippen molar-refractivity contribution in [1.29, 1.82) is 0 Å². The van der Waals surface area contributed by atoms with Crippen LogP contribution in [-0.2, 0) is 0 Å². The molecule has 0 bridgehead atoms. The lowest BCUT2D eigenvalue weighted by molar-refractivity contribution is 0.411. The van der Waals surface area contributed by atoms with Crippen LogP contribution in [0.2, 0.25) is 0 Å². The van der Waals surface area contributed by atoms with Crippen LogP contribution in [0.25, 0.3) is 0 Å². The Morgan fingerprint density at radius 3 is 2.67 bits per heavy atom. The van der Waals surface area contributed by atoms with Gasteiger partial charge < -0.3 is 10.1 Å². The molecule has 96 valence electrons. The zero-order valence-electron chi connectivity index (χ0n) is 11.1. The maximum absolute atomic E-state index is 5.31. The molecule has 0 fully saturated rings. The van der Waals surface area contributed by atoms with Crippen LogP contribution in [0.4, 0.5) is 0 Å². The van der Waals surface area contributed by atoms with E-state index in [9.17, 15) is 0 Å². The van der Waals surface area contributed by atoms with E-state index in [0.29, 0.717) is 0 Å². The van der Waals surface area contributed by atoms with Crippen molar-refractivity contribution >= 4 is 11.3 Å². The Hall–Kier alpha value is -1.32. The summed E-state index contributed by atoms with van der Waals surface area (Å²) in [5.41, 5.74) is 3.79. The third kappa shape index (κ3) is 2.74. The molecule has 0 aliphatic heterocycles. The second-order valence-corrected chi connectivity index (χ2v) is 5.06. The Morgan fingerprint density at radius 1 is 1.28 bits per heavy atom. The number of thiophene rings is 1. The standard InChI is InChI=1S/C15H19NOS/c1-4-16-15(13-7-8-18-10-13)12-5-6-14(17-3)11(2)9-12/h5-10,15-16H,4H2,1-3H3. The third-order valence-corrected chi connectivity index (χ3v) is 3.74. The van der Waals surface area contributed by atoms with E-state index in [4.69, 9.17) is 4.74 Å². The zero-order valence-corrected chi connectivity index (χ0v) is 11.9. The molecule has 0 saturated carbocycles. The summed E-state index contributed by atoms with van der Waals surface area (Å²) >= 11 is 1.74. The molecule has 0 aliphatic carbocycles. The lowest BCUT2D eigenvalue weighted by Crippen LogP contribution is -2.21. The molecule has 1 aromatic carbocycles. The number of hydrogen-bond acceptors (Lipinski definition) is 3. The van der Waals surface area contributed by atoms with Gasteiger partial charge in [0.25, 0.3) is 0 Å². The Labute approximate surface area is 113 Å².